The summed E-state index contributed by atoms with van der Waals surface area (Å²) < 4.78 is 22.3. The predicted molar refractivity (Wildman–Crippen MR) is 147 cm³/mol. The van der Waals surface area contributed by atoms with Gasteiger partial charge in [0.2, 0.25) is 0 Å². The molecule has 0 aliphatic heterocycles. The quantitative estimate of drug-likeness (QED) is 0.154. The third-order valence-electron chi connectivity index (χ3n) is 6.01. The molecular weight excluding hydrogens is 490 g/mol. The first kappa shape index (κ1) is 24.3. The molecule has 5 rings (SSSR count). The lowest BCUT2D eigenvalue weighted by Gasteiger charge is -2.12. The van der Waals surface area contributed by atoms with Crippen LogP contribution in [-0.2, 0) is 11.3 Å². The second kappa shape index (κ2) is 10.7. The van der Waals surface area contributed by atoms with Gasteiger partial charge in [-0.2, -0.15) is 8.75 Å². The summed E-state index contributed by atoms with van der Waals surface area (Å²) in [7, 11) is 0. The van der Waals surface area contributed by atoms with Crippen molar-refractivity contribution in [3.05, 3.63) is 71.9 Å². The van der Waals surface area contributed by atoms with Gasteiger partial charge in [-0.1, -0.05) is 25.1 Å². The summed E-state index contributed by atoms with van der Waals surface area (Å²) in [5.41, 5.74) is 6.07. The fourth-order valence-corrected chi connectivity index (χ4v) is 5.30. The molecule has 8 heteroatoms. The number of benzene rings is 3. The number of carbonyl (C=O) groups is 1. The van der Waals surface area contributed by atoms with Crippen molar-refractivity contribution in [2.45, 2.75) is 31.7 Å². The minimum atomic E-state index is -0.343. The van der Waals surface area contributed by atoms with E-state index in [-0.39, 0.29) is 5.97 Å². The Balaban J connectivity index is 1.74. The molecular formula is C28H27N3O3S2. The topological polar surface area (TPSA) is 66.2 Å². The highest BCUT2D eigenvalue weighted by molar-refractivity contribution is 7.98. The fourth-order valence-electron chi connectivity index (χ4n) is 4.38. The van der Waals surface area contributed by atoms with Crippen molar-refractivity contribution >= 4 is 51.4 Å². The third-order valence-corrected chi connectivity index (χ3v) is 7.31. The van der Waals surface area contributed by atoms with E-state index in [9.17, 15) is 4.79 Å². The average Bonchev–Trinajstić information content (AvgIpc) is 3.50. The van der Waals surface area contributed by atoms with Crippen LogP contribution < -0.4 is 4.74 Å². The summed E-state index contributed by atoms with van der Waals surface area (Å²) in [5, 5.41) is 0.958. The van der Waals surface area contributed by atoms with Gasteiger partial charge in [0.05, 0.1) is 24.9 Å². The van der Waals surface area contributed by atoms with Gasteiger partial charge >= 0.3 is 5.97 Å². The first-order valence-corrected chi connectivity index (χ1v) is 13.9. The van der Waals surface area contributed by atoms with Crippen LogP contribution in [-0.4, -0.2) is 38.8 Å². The van der Waals surface area contributed by atoms with Gasteiger partial charge in [0.25, 0.3) is 0 Å². The van der Waals surface area contributed by atoms with Crippen molar-refractivity contribution < 1.29 is 14.3 Å². The zero-order chi connectivity index (χ0) is 25.1. The first-order chi connectivity index (χ1) is 17.6. The zero-order valence-electron chi connectivity index (χ0n) is 20.5. The summed E-state index contributed by atoms with van der Waals surface area (Å²) in [6.45, 7) is 5.35. The number of aromatic nitrogens is 3. The third kappa shape index (κ3) is 4.70. The standard InChI is InChI=1S/C28H27N3O3S2/c1-4-14-34-20-9-13-25-22(16-20)26(19-7-10-21(35-3)11-8-19)27(28(32)33-5-2)31(25)17-18-6-12-23-24(15-18)30-36-29-23/h6-13,15-16H,4-5,14,17H2,1-3H3. The maximum Gasteiger partial charge on any atom is 0.355 e. The van der Waals surface area contributed by atoms with E-state index in [1.54, 1.807) is 11.8 Å². The van der Waals surface area contributed by atoms with Crippen LogP contribution in [0, 0.1) is 0 Å². The Morgan fingerprint density at radius 1 is 1.00 bits per heavy atom. The van der Waals surface area contributed by atoms with Crippen LogP contribution in [0.4, 0.5) is 0 Å². The van der Waals surface area contributed by atoms with Crippen molar-refractivity contribution in [1.82, 2.24) is 13.3 Å². The highest BCUT2D eigenvalue weighted by Gasteiger charge is 2.26. The van der Waals surface area contributed by atoms with Gasteiger partial charge in [-0.05, 0) is 73.2 Å². The highest BCUT2D eigenvalue weighted by atomic mass is 32.2. The molecule has 0 radical (unpaired) electrons. The normalized spacial score (nSPS) is 11.3. The Kier molecular flexibility index (Phi) is 7.25. The van der Waals surface area contributed by atoms with Gasteiger partial charge in [-0.15, -0.1) is 11.8 Å². The Morgan fingerprint density at radius 3 is 2.56 bits per heavy atom. The molecule has 0 atom stereocenters. The fraction of sp³-hybridized carbons (Fsp3) is 0.250. The summed E-state index contributed by atoms with van der Waals surface area (Å²) in [6.07, 6.45) is 2.97. The Morgan fingerprint density at radius 2 is 1.81 bits per heavy atom. The van der Waals surface area contributed by atoms with Crippen LogP contribution in [0.25, 0.3) is 33.1 Å². The van der Waals surface area contributed by atoms with Crippen LogP contribution in [0.5, 0.6) is 5.75 Å². The molecule has 36 heavy (non-hydrogen) atoms. The number of ether oxygens (including phenoxy) is 2. The number of carbonyl (C=O) groups excluding carboxylic acids is 1. The molecule has 0 N–H and O–H groups in total. The second-order valence-corrected chi connectivity index (χ2v) is 9.78. The van der Waals surface area contributed by atoms with Gasteiger partial charge in [0, 0.05) is 27.9 Å². The lowest BCUT2D eigenvalue weighted by atomic mass is 10.0. The van der Waals surface area contributed by atoms with Crippen molar-refractivity contribution in [2.75, 3.05) is 19.5 Å². The number of hydrogen-bond acceptors (Lipinski definition) is 7. The van der Waals surface area contributed by atoms with Crippen molar-refractivity contribution in [2.24, 2.45) is 0 Å². The van der Waals surface area contributed by atoms with Gasteiger partial charge < -0.3 is 14.0 Å². The van der Waals surface area contributed by atoms with E-state index in [0.717, 1.165) is 55.7 Å². The molecule has 0 saturated heterocycles. The molecule has 0 fully saturated rings. The van der Waals surface area contributed by atoms with Crippen LogP contribution >= 0.6 is 23.5 Å². The Labute approximate surface area is 218 Å². The SMILES string of the molecule is CCCOc1ccc2c(c1)c(-c1ccc(SC)cc1)c(C(=O)OCC)n2Cc1ccc2nsnc2c1. The van der Waals surface area contributed by atoms with Crippen molar-refractivity contribution in [3.63, 3.8) is 0 Å². The molecule has 0 amide bonds. The lowest BCUT2D eigenvalue weighted by molar-refractivity contribution is 0.0516. The van der Waals surface area contributed by atoms with Gasteiger partial charge in [0.1, 0.15) is 22.5 Å². The van der Waals surface area contributed by atoms with Crippen molar-refractivity contribution in [3.8, 4) is 16.9 Å². The lowest BCUT2D eigenvalue weighted by Crippen LogP contribution is -2.14. The maximum atomic E-state index is 13.5. The molecule has 0 aliphatic carbocycles. The Bertz CT molecular complexity index is 1520. The Hall–Kier alpha value is -3.36. The number of rotatable bonds is 9. The summed E-state index contributed by atoms with van der Waals surface area (Å²) in [6, 6.07) is 20.4. The van der Waals surface area contributed by atoms with E-state index in [1.165, 1.54) is 11.7 Å². The molecule has 0 spiro atoms. The van der Waals surface area contributed by atoms with Gasteiger partial charge in [-0.3, -0.25) is 0 Å². The molecule has 0 aliphatic rings. The van der Waals surface area contributed by atoms with Crippen LogP contribution in [0.2, 0.25) is 0 Å². The van der Waals surface area contributed by atoms with E-state index in [1.807, 2.05) is 43.3 Å². The minimum Gasteiger partial charge on any atom is -0.494 e. The summed E-state index contributed by atoms with van der Waals surface area (Å²) in [5.74, 6) is 0.443. The predicted octanol–water partition coefficient (Wildman–Crippen LogP) is 7.05. The second-order valence-electron chi connectivity index (χ2n) is 8.37. The maximum absolute atomic E-state index is 13.5. The van der Waals surface area contributed by atoms with Crippen molar-refractivity contribution in [1.29, 1.82) is 0 Å². The molecule has 2 heterocycles. The zero-order valence-corrected chi connectivity index (χ0v) is 22.1. The van der Waals surface area contributed by atoms with E-state index >= 15 is 0 Å². The van der Waals surface area contributed by atoms with Crippen LogP contribution in [0.3, 0.4) is 0 Å². The van der Waals surface area contributed by atoms with Gasteiger partial charge in [0.15, 0.2) is 0 Å². The number of esters is 1. The monoisotopic (exact) mass is 517 g/mol. The number of thioether (sulfide) groups is 1. The van der Waals surface area contributed by atoms with Gasteiger partial charge in [-0.25, -0.2) is 4.79 Å². The average molecular weight is 518 g/mol. The molecule has 0 unspecified atom stereocenters. The minimum absolute atomic E-state index is 0.298. The molecule has 3 aromatic carbocycles. The first-order valence-electron chi connectivity index (χ1n) is 11.9. The van der Waals surface area contributed by atoms with E-state index in [0.29, 0.717) is 25.5 Å². The molecule has 5 aromatic rings. The number of hydrogen-bond donors (Lipinski definition) is 0. The molecule has 6 nitrogen and oxygen atoms in total. The molecule has 184 valence electrons. The van der Waals surface area contributed by atoms with Crippen LogP contribution in [0.1, 0.15) is 36.3 Å². The molecule has 0 saturated carbocycles. The van der Waals surface area contributed by atoms with Crippen LogP contribution in [0.15, 0.2) is 65.6 Å². The summed E-state index contributed by atoms with van der Waals surface area (Å²) in [4.78, 5) is 14.6. The van der Waals surface area contributed by atoms with E-state index < -0.39 is 0 Å². The largest absolute Gasteiger partial charge is 0.494 e. The highest BCUT2D eigenvalue weighted by Crippen LogP contribution is 2.38. The molecule has 2 aromatic heterocycles. The smallest absolute Gasteiger partial charge is 0.355 e. The summed E-state index contributed by atoms with van der Waals surface area (Å²) >= 11 is 2.89. The van der Waals surface area contributed by atoms with E-state index in [4.69, 9.17) is 9.47 Å². The van der Waals surface area contributed by atoms with E-state index in [2.05, 4.69) is 50.8 Å². The number of fused-ring (bicyclic) bond motifs is 2. The molecule has 0 bridgehead atoms. The number of nitrogens with zero attached hydrogens (tertiary/aromatic N) is 3.